The van der Waals surface area contributed by atoms with Crippen LogP contribution in [0.2, 0.25) is 0 Å². The molecule has 122 valence electrons. The molecule has 0 aromatic carbocycles. The van der Waals surface area contributed by atoms with Crippen molar-refractivity contribution in [3.8, 4) is 0 Å². The fraction of sp³-hybridized carbons (Fsp3) is 0.471. The van der Waals surface area contributed by atoms with Gasteiger partial charge in [0.25, 0.3) is 0 Å². The molecular formula is C17H23N5O. The number of aromatic nitrogens is 3. The summed E-state index contributed by atoms with van der Waals surface area (Å²) >= 11 is 0. The minimum atomic E-state index is 0.434. The summed E-state index contributed by atoms with van der Waals surface area (Å²) in [6, 6.07) is 4.11. The Morgan fingerprint density at radius 3 is 3.09 bits per heavy atom. The van der Waals surface area contributed by atoms with E-state index in [1.807, 2.05) is 25.5 Å². The van der Waals surface area contributed by atoms with Crippen LogP contribution in [0.5, 0.6) is 0 Å². The van der Waals surface area contributed by atoms with Gasteiger partial charge in [-0.05, 0) is 12.5 Å². The Bertz CT molecular complexity index is 607. The van der Waals surface area contributed by atoms with Crippen LogP contribution >= 0.6 is 0 Å². The number of hydrogen-bond acceptors (Lipinski definition) is 6. The summed E-state index contributed by atoms with van der Waals surface area (Å²) in [5.41, 5.74) is 2.25. The largest absolute Gasteiger partial charge is 0.380 e. The maximum atomic E-state index is 5.78. The number of nitrogens with zero attached hydrogens (tertiary/aromatic N) is 4. The topological polar surface area (TPSA) is 63.2 Å². The normalized spacial score (nSPS) is 19.3. The van der Waals surface area contributed by atoms with E-state index in [4.69, 9.17) is 4.74 Å². The van der Waals surface area contributed by atoms with Crippen LogP contribution in [0.3, 0.4) is 0 Å². The summed E-state index contributed by atoms with van der Waals surface area (Å²) in [6.45, 7) is 4.36. The van der Waals surface area contributed by atoms with E-state index >= 15 is 0 Å². The first-order chi connectivity index (χ1) is 11.3. The molecule has 3 heterocycles. The maximum absolute atomic E-state index is 5.78. The lowest BCUT2D eigenvalue weighted by Crippen LogP contribution is -2.31. The Balaban J connectivity index is 1.65. The van der Waals surface area contributed by atoms with Gasteiger partial charge in [-0.25, -0.2) is 4.98 Å². The third-order valence-corrected chi connectivity index (χ3v) is 4.06. The van der Waals surface area contributed by atoms with Crippen molar-refractivity contribution in [1.29, 1.82) is 0 Å². The highest BCUT2D eigenvalue weighted by Gasteiger charge is 2.20. The maximum Gasteiger partial charge on any atom is 0.130 e. The highest BCUT2D eigenvalue weighted by atomic mass is 16.5. The van der Waals surface area contributed by atoms with Gasteiger partial charge in [-0.15, -0.1) is 0 Å². The van der Waals surface area contributed by atoms with Gasteiger partial charge in [0.2, 0.25) is 0 Å². The van der Waals surface area contributed by atoms with E-state index < -0.39 is 0 Å². The van der Waals surface area contributed by atoms with Gasteiger partial charge < -0.3 is 10.1 Å². The molecule has 0 radical (unpaired) electrons. The third kappa shape index (κ3) is 4.46. The Hall–Kier alpha value is -2.05. The van der Waals surface area contributed by atoms with Gasteiger partial charge in [0.05, 0.1) is 18.9 Å². The van der Waals surface area contributed by atoms with Gasteiger partial charge >= 0.3 is 0 Å². The zero-order valence-corrected chi connectivity index (χ0v) is 13.5. The fourth-order valence-electron chi connectivity index (χ4n) is 2.98. The minimum absolute atomic E-state index is 0.434. The molecule has 23 heavy (non-hydrogen) atoms. The molecule has 0 spiro atoms. The molecule has 0 amide bonds. The Morgan fingerprint density at radius 1 is 1.30 bits per heavy atom. The molecular weight excluding hydrogens is 290 g/mol. The number of hydrogen-bond donors (Lipinski definition) is 1. The van der Waals surface area contributed by atoms with Crippen molar-refractivity contribution in [1.82, 2.24) is 19.9 Å². The van der Waals surface area contributed by atoms with Crippen molar-refractivity contribution in [3.05, 3.63) is 48.2 Å². The van der Waals surface area contributed by atoms with E-state index in [-0.39, 0.29) is 0 Å². The molecule has 2 aromatic heterocycles. The van der Waals surface area contributed by atoms with Gasteiger partial charge in [0.1, 0.15) is 5.82 Å². The van der Waals surface area contributed by atoms with Crippen LogP contribution in [0.25, 0.3) is 0 Å². The Kier molecular flexibility index (Phi) is 5.50. The summed E-state index contributed by atoms with van der Waals surface area (Å²) in [4.78, 5) is 15.4. The molecule has 1 atom stereocenters. The summed E-state index contributed by atoms with van der Waals surface area (Å²) in [7, 11) is 1.91. The first-order valence-corrected chi connectivity index (χ1v) is 8.02. The second kappa shape index (κ2) is 7.99. The first-order valence-electron chi connectivity index (χ1n) is 8.02. The van der Waals surface area contributed by atoms with E-state index in [2.05, 4.69) is 31.2 Å². The summed E-state index contributed by atoms with van der Waals surface area (Å²) in [5.74, 6) is 1.38. The molecule has 1 fully saturated rings. The van der Waals surface area contributed by atoms with E-state index in [0.29, 0.717) is 5.92 Å². The van der Waals surface area contributed by atoms with Gasteiger partial charge in [-0.2, -0.15) is 0 Å². The standard InChI is InChI=1S/C17H23N5O/c1-18-17-15(3-2-4-21-17)12-22-7-8-23-13-14(11-22)9-16-10-19-5-6-20-16/h2-6,10,14H,7-9,11-13H2,1H3,(H,18,21)/t14-/m1/s1. The molecule has 0 aliphatic carbocycles. The summed E-state index contributed by atoms with van der Waals surface area (Å²) in [5, 5.41) is 3.16. The van der Waals surface area contributed by atoms with Crippen molar-refractivity contribution in [2.24, 2.45) is 5.92 Å². The van der Waals surface area contributed by atoms with Crippen molar-refractivity contribution in [2.45, 2.75) is 13.0 Å². The quantitative estimate of drug-likeness (QED) is 0.905. The number of ether oxygens (including phenoxy) is 1. The van der Waals surface area contributed by atoms with Crippen LogP contribution in [0.4, 0.5) is 5.82 Å². The third-order valence-electron chi connectivity index (χ3n) is 4.06. The molecule has 6 nitrogen and oxygen atoms in total. The predicted octanol–water partition coefficient (Wildman–Crippen LogP) is 1.60. The predicted molar refractivity (Wildman–Crippen MR) is 89.1 cm³/mol. The first kappa shape index (κ1) is 15.8. The second-order valence-corrected chi connectivity index (χ2v) is 5.84. The lowest BCUT2D eigenvalue weighted by atomic mass is 10.0. The molecule has 1 N–H and O–H groups in total. The molecule has 0 saturated carbocycles. The van der Waals surface area contributed by atoms with E-state index in [1.165, 1.54) is 5.56 Å². The van der Waals surface area contributed by atoms with Crippen LogP contribution in [0.1, 0.15) is 11.3 Å². The minimum Gasteiger partial charge on any atom is -0.380 e. The molecule has 1 saturated heterocycles. The fourth-order valence-corrected chi connectivity index (χ4v) is 2.98. The van der Waals surface area contributed by atoms with Crippen LogP contribution < -0.4 is 5.32 Å². The van der Waals surface area contributed by atoms with Crippen molar-refractivity contribution >= 4 is 5.82 Å². The van der Waals surface area contributed by atoms with Crippen LogP contribution in [-0.4, -0.2) is 53.2 Å². The van der Waals surface area contributed by atoms with Crippen LogP contribution in [0, 0.1) is 5.92 Å². The molecule has 0 unspecified atom stereocenters. The van der Waals surface area contributed by atoms with E-state index in [9.17, 15) is 0 Å². The number of anilines is 1. The lowest BCUT2D eigenvalue weighted by molar-refractivity contribution is 0.121. The summed E-state index contributed by atoms with van der Waals surface area (Å²) in [6.07, 6.45) is 8.02. The lowest BCUT2D eigenvalue weighted by Gasteiger charge is -2.24. The van der Waals surface area contributed by atoms with E-state index in [1.54, 1.807) is 12.4 Å². The molecule has 1 aliphatic rings. The average Bonchev–Trinajstić information content (AvgIpc) is 2.81. The van der Waals surface area contributed by atoms with Crippen molar-refractivity contribution in [3.63, 3.8) is 0 Å². The molecule has 3 rings (SSSR count). The highest BCUT2D eigenvalue weighted by Crippen LogP contribution is 2.17. The highest BCUT2D eigenvalue weighted by molar-refractivity contribution is 5.42. The van der Waals surface area contributed by atoms with Gasteiger partial charge in [-0.1, -0.05) is 6.07 Å². The van der Waals surface area contributed by atoms with Gasteiger partial charge in [0, 0.05) is 63.0 Å². The van der Waals surface area contributed by atoms with Gasteiger partial charge in [-0.3, -0.25) is 14.9 Å². The summed E-state index contributed by atoms with van der Waals surface area (Å²) < 4.78 is 5.78. The molecule has 6 heteroatoms. The SMILES string of the molecule is CNc1ncccc1CN1CCOC[C@H](Cc2cnccn2)C1. The number of nitrogens with one attached hydrogen (secondary N) is 1. The Morgan fingerprint density at radius 2 is 2.26 bits per heavy atom. The van der Waals surface area contributed by atoms with Crippen LogP contribution in [0.15, 0.2) is 36.9 Å². The van der Waals surface area contributed by atoms with Crippen molar-refractivity contribution < 1.29 is 4.74 Å². The zero-order valence-electron chi connectivity index (χ0n) is 13.5. The monoisotopic (exact) mass is 313 g/mol. The smallest absolute Gasteiger partial charge is 0.130 e. The average molecular weight is 313 g/mol. The zero-order chi connectivity index (χ0) is 15.9. The van der Waals surface area contributed by atoms with Crippen LogP contribution in [-0.2, 0) is 17.7 Å². The molecule has 1 aliphatic heterocycles. The second-order valence-electron chi connectivity index (χ2n) is 5.84. The van der Waals surface area contributed by atoms with Crippen molar-refractivity contribution in [2.75, 3.05) is 38.7 Å². The van der Waals surface area contributed by atoms with Gasteiger partial charge in [0.15, 0.2) is 0 Å². The Labute approximate surface area is 136 Å². The molecule has 0 bridgehead atoms. The molecule has 2 aromatic rings. The number of rotatable bonds is 5. The van der Waals surface area contributed by atoms with E-state index in [0.717, 1.165) is 50.8 Å². The number of pyridine rings is 1.